The number of esters is 1. The van der Waals surface area contributed by atoms with Crippen LogP contribution in [0.3, 0.4) is 0 Å². The number of rotatable bonds is 2. The minimum absolute atomic E-state index is 0.763. The van der Waals surface area contributed by atoms with Crippen molar-refractivity contribution in [3.63, 3.8) is 0 Å². The Kier molecular flexibility index (Phi) is 2.43. The lowest BCUT2D eigenvalue weighted by Crippen LogP contribution is -2.49. The molecule has 1 rings (SSSR count). The number of hydrogen-bond donors (Lipinski definition) is 4. The Morgan fingerprint density at radius 2 is 2.00 bits per heavy atom. The van der Waals surface area contributed by atoms with Gasteiger partial charge in [-0.2, -0.15) is 0 Å². The first-order valence-corrected chi connectivity index (χ1v) is 4.02. The Hall–Kier alpha value is -1.27. The summed E-state index contributed by atoms with van der Waals surface area (Å²) in [7, 11) is 0. The first-order valence-electron chi connectivity index (χ1n) is 4.02. The number of carbonyl (C=O) groups excluding carboxylic acids is 1. The van der Waals surface area contributed by atoms with Gasteiger partial charge in [-0.3, -0.25) is 0 Å². The number of carbonyl (C=O) groups is 1. The summed E-state index contributed by atoms with van der Waals surface area (Å²) in [5, 5.41) is 37.0. The molecule has 1 aliphatic rings. The highest BCUT2D eigenvalue weighted by Gasteiger charge is 2.48. The lowest BCUT2D eigenvalue weighted by molar-refractivity contribution is -0.164. The summed E-state index contributed by atoms with van der Waals surface area (Å²) in [6, 6.07) is 0. The van der Waals surface area contributed by atoms with Crippen molar-refractivity contribution in [1.29, 1.82) is 0 Å². The lowest BCUT2D eigenvalue weighted by Gasteiger charge is -2.30. The standard InChI is InChI=1S/C8H12O6/c1-3(9)8(2,13)6-4(10)5(11)7(12)14-6/h3,6,9-11,13H,1-2H3/t3?,6-,8-/m0/s1. The molecule has 0 aromatic heterocycles. The zero-order chi connectivity index (χ0) is 11.1. The van der Waals surface area contributed by atoms with Gasteiger partial charge in [0.15, 0.2) is 11.9 Å². The fourth-order valence-corrected chi connectivity index (χ4v) is 1.06. The molecule has 1 heterocycles. The van der Waals surface area contributed by atoms with Crippen LogP contribution >= 0.6 is 0 Å². The quantitative estimate of drug-likeness (QED) is 0.446. The van der Waals surface area contributed by atoms with E-state index in [1.807, 2.05) is 0 Å². The van der Waals surface area contributed by atoms with Gasteiger partial charge >= 0.3 is 5.97 Å². The monoisotopic (exact) mass is 204 g/mol. The van der Waals surface area contributed by atoms with Crippen LogP contribution in [-0.2, 0) is 9.53 Å². The van der Waals surface area contributed by atoms with Crippen molar-refractivity contribution in [3.8, 4) is 0 Å². The van der Waals surface area contributed by atoms with Crippen LogP contribution in [-0.4, -0.2) is 44.2 Å². The predicted molar refractivity (Wildman–Crippen MR) is 44.5 cm³/mol. The maximum Gasteiger partial charge on any atom is 0.378 e. The summed E-state index contributed by atoms with van der Waals surface area (Å²) in [5.74, 6) is -2.81. The van der Waals surface area contributed by atoms with E-state index >= 15 is 0 Å². The second kappa shape index (κ2) is 3.14. The molecule has 6 nitrogen and oxygen atoms in total. The van der Waals surface area contributed by atoms with Crippen LogP contribution in [0, 0.1) is 0 Å². The third-order valence-electron chi connectivity index (χ3n) is 2.29. The van der Waals surface area contributed by atoms with E-state index in [-0.39, 0.29) is 0 Å². The van der Waals surface area contributed by atoms with E-state index < -0.39 is 35.3 Å². The molecule has 0 spiro atoms. The molecule has 1 aliphatic heterocycles. The van der Waals surface area contributed by atoms with E-state index in [1.165, 1.54) is 13.8 Å². The Labute approximate surface area is 80.1 Å². The molecule has 0 bridgehead atoms. The summed E-state index contributed by atoms with van der Waals surface area (Å²) >= 11 is 0. The summed E-state index contributed by atoms with van der Waals surface area (Å²) in [6.45, 7) is 2.46. The molecule has 0 aromatic rings. The van der Waals surface area contributed by atoms with Crippen LogP contribution in [0.15, 0.2) is 11.5 Å². The zero-order valence-corrected chi connectivity index (χ0v) is 7.76. The van der Waals surface area contributed by atoms with E-state index in [0.717, 1.165) is 0 Å². The number of aliphatic hydroxyl groups is 4. The molecule has 3 atom stereocenters. The van der Waals surface area contributed by atoms with Crippen LogP contribution in [0.5, 0.6) is 0 Å². The van der Waals surface area contributed by atoms with E-state index in [1.54, 1.807) is 0 Å². The number of aliphatic hydroxyl groups excluding tert-OH is 3. The van der Waals surface area contributed by atoms with Gasteiger partial charge in [-0.25, -0.2) is 4.79 Å². The van der Waals surface area contributed by atoms with E-state index in [9.17, 15) is 20.1 Å². The van der Waals surface area contributed by atoms with Crippen molar-refractivity contribution >= 4 is 5.97 Å². The van der Waals surface area contributed by atoms with E-state index in [2.05, 4.69) is 4.74 Å². The molecule has 0 aliphatic carbocycles. The van der Waals surface area contributed by atoms with Crippen molar-refractivity contribution in [2.45, 2.75) is 31.7 Å². The smallest absolute Gasteiger partial charge is 0.378 e. The SMILES string of the molecule is CC(O)[C@](C)(O)[C@H]1OC(=O)C(O)=C1O. The molecule has 0 amide bonds. The minimum atomic E-state index is -1.84. The third kappa shape index (κ3) is 1.42. The average Bonchev–Trinajstić information content (AvgIpc) is 2.33. The zero-order valence-electron chi connectivity index (χ0n) is 7.76. The topological polar surface area (TPSA) is 107 Å². The van der Waals surface area contributed by atoms with Gasteiger partial charge in [-0.1, -0.05) is 0 Å². The number of cyclic esters (lactones) is 1. The predicted octanol–water partition coefficient (Wildman–Crippen LogP) is -0.629. The molecular formula is C8H12O6. The van der Waals surface area contributed by atoms with Gasteiger partial charge in [0.05, 0.1) is 6.10 Å². The van der Waals surface area contributed by atoms with Crippen molar-refractivity contribution < 1.29 is 30.0 Å². The number of hydrogen-bond acceptors (Lipinski definition) is 6. The van der Waals surface area contributed by atoms with Crippen LogP contribution in [0.25, 0.3) is 0 Å². The molecule has 80 valence electrons. The second-order valence-corrected chi connectivity index (χ2v) is 3.42. The average molecular weight is 204 g/mol. The van der Waals surface area contributed by atoms with Crippen LogP contribution < -0.4 is 0 Å². The van der Waals surface area contributed by atoms with Gasteiger partial charge in [-0.15, -0.1) is 0 Å². The Balaban J connectivity index is 2.99. The molecule has 14 heavy (non-hydrogen) atoms. The normalized spacial score (nSPS) is 28.6. The van der Waals surface area contributed by atoms with Gasteiger partial charge in [0.25, 0.3) is 0 Å². The Morgan fingerprint density at radius 1 is 1.50 bits per heavy atom. The molecule has 1 unspecified atom stereocenters. The van der Waals surface area contributed by atoms with Crippen molar-refractivity contribution in [3.05, 3.63) is 11.5 Å². The molecule has 0 radical (unpaired) electrons. The largest absolute Gasteiger partial charge is 0.505 e. The maximum atomic E-state index is 10.8. The minimum Gasteiger partial charge on any atom is -0.505 e. The molecule has 0 aromatic carbocycles. The molecule has 4 N–H and O–H groups in total. The Morgan fingerprint density at radius 3 is 2.29 bits per heavy atom. The summed E-state index contributed by atoms with van der Waals surface area (Å²) in [5.41, 5.74) is -1.84. The summed E-state index contributed by atoms with van der Waals surface area (Å²) in [4.78, 5) is 10.8. The highest BCUT2D eigenvalue weighted by molar-refractivity contribution is 5.89. The maximum absolute atomic E-state index is 10.8. The van der Waals surface area contributed by atoms with Crippen LogP contribution in [0.2, 0.25) is 0 Å². The molecule has 0 saturated heterocycles. The third-order valence-corrected chi connectivity index (χ3v) is 2.29. The highest BCUT2D eigenvalue weighted by atomic mass is 16.6. The number of ether oxygens (including phenoxy) is 1. The van der Waals surface area contributed by atoms with Crippen LogP contribution in [0.4, 0.5) is 0 Å². The Bertz CT molecular complexity index is 290. The van der Waals surface area contributed by atoms with Gasteiger partial charge in [0, 0.05) is 0 Å². The van der Waals surface area contributed by atoms with Crippen molar-refractivity contribution in [1.82, 2.24) is 0 Å². The first kappa shape index (κ1) is 10.8. The first-order chi connectivity index (χ1) is 6.28. The van der Waals surface area contributed by atoms with E-state index in [4.69, 9.17) is 5.11 Å². The van der Waals surface area contributed by atoms with Gasteiger partial charge in [0.1, 0.15) is 5.60 Å². The fourth-order valence-electron chi connectivity index (χ4n) is 1.06. The summed E-state index contributed by atoms with van der Waals surface area (Å²) in [6.07, 6.45) is -2.66. The lowest BCUT2D eigenvalue weighted by atomic mass is 9.92. The molecule has 0 saturated carbocycles. The van der Waals surface area contributed by atoms with Crippen molar-refractivity contribution in [2.24, 2.45) is 0 Å². The van der Waals surface area contributed by atoms with Crippen molar-refractivity contribution in [2.75, 3.05) is 0 Å². The molecular weight excluding hydrogens is 192 g/mol. The molecule has 6 heteroatoms. The fraction of sp³-hybridized carbons (Fsp3) is 0.625. The van der Waals surface area contributed by atoms with Crippen LogP contribution in [0.1, 0.15) is 13.8 Å². The van der Waals surface area contributed by atoms with E-state index in [0.29, 0.717) is 0 Å². The van der Waals surface area contributed by atoms with Gasteiger partial charge in [-0.05, 0) is 13.8 Å². The second-order valence-electron chi connectivity index (χ2n) is 3.42. The summed E-state index contributed by atoms with van der Waals surface area (Å²) < 4.78 is 4.49. The highest BCUT2D eigenvalue weighted by Crippen LogP contribution is 2.29. The van der Waals surface area contributed by atoms with Gasteiger partial charge < -0.3 is 25.2 Å². The molecule has 0 fully saturated rings. The van der Waals surface area contributed by atoms with Gasteiger partial charge in [0.2, 0.25) is 5.76 Å².